The van der Waals surface area contributed by atoms with E-state index in [0.717, 1.165) is 5.75 Å². The first kappa shape index (κ1) is 19.3. The molecule has 0 bridgehead atoms. The van der Waals surface area contributed by atoms with Gasteiger partial charge < -0.3 is 19.5 Å². The van der Waals surface area contributed by atoms with Gasteiger partial charge in [0, 0.05) is 6.42 Å². The molecule has 0 radical (unpaired) electrons. The Labute approximate surface area is 153 Å². The molecule has 0 spiro atoms. The summed E-state index contributed by atoms with van der Waals surface area (Å²) in [4.78, 5) is 23.6. The van der Waals surface area contributed by atoms with Crippen molar-refractivity contribution in [2.45, 2.75) is 19.8 Å². The van der Waals surface area contributed by atoms with Crippen molar-refractivity contribution in [3.05, 3.63) is 54.6 Å². The second kappa shape index (κ2) is 10.8. The van der Waals surface area contributed by atoms with Gasteiger partial charge >= 0.3 is 5.97 Å². The van der Waals surface area contributed by atoms with E-state index in [4.69, 9.17) is 14.2 Å². The smallest absolute Gasteiger partial charge is 0.306 e. The number of carbonyl (C=O) groups excluding carboxylic acids is 2. The van der Waals surface area contributed by atoms with Crippen LogP contribution in [-0.4, -0.2) is 31.7 Å². The molecule has 0 heterocycles. The van der Waals surface area contributed by atoms with Crippen molar-refractivity contribution >= 4 is 17.6 Å². The zero-order valence-corrected chi connectivity index (χ0v) is 14.8. The minimum Gasteiger partial charge on any atom is -0.494 e. The number of hydrogen-bond acceptors (Lipinski definition) is 5. The Morgan fingerprint density at radius 2 is 1.69 bits per heavy atom. The van der Waals surface area contributed by atoms with Crippen LogP contribution in [0.3, 0.4) is 0 Å². The number of ether oxygens (including phenoxy) is 3. The van der Waals surface area contributed by atoms with Crippen LogP contribution in [0.5, 0.6) is 11.5 Å². The van der Waals surface area contributed by atoms with Gasteiger partial charge in [0.25, 0.3) is 5.91 Å². The standard InChI is InChI=1S/C20H23NO5/c1-2-24-18-12-7-6-11-17(18)21-19(22)15-26-20(23)13-8-14-25-16-9-4-3-5-10-16/h3-7,9-12H,2,8,13-15H2,1H3,(H,21,22). The molecule has 0 aromatic heterocycles. The maximum absolute atomic E-state index is 11.9. The molecule has 2 rings (SSSR count). The fraction of sp³-hybridized carbons (Fsp3) is 0.300. The van der Waals surface area contributed by atoms with Crippen LogP contribution in [0.25, 0.3) is 0 Å². The van der Waals surface area contributed by atoms with Crippen molar-refractivity contribution in [2.24, 2.45) is 0 Å². The summed E-state index contributed by atoms with van der Waals surface area (Å²) in [5.41, 5.74) is 0.548. The fourth-order valence-corrected chi connectivity index (χ4v) is 2.18. The molecule has 6 heteroatoms. The lowest BCUT2D eigenvalue weighted by atomic mass is 10.3. The Bertz CT molecular complexity index is 702. The minimum atomic E-state index is -0.435. The molecule has 138 valence electrons. The summed E-state index contributed by atoms with van der Waals surface area (Å²) in [6.07, 6.45) is 0.707. The van der Waals surface area contributed by atoms with Crippen LogP contribution in [0.15, 0.2) is 54.6 Å². The van der Waals surface area contributed by atoms with Gasteiger partial charge in [0.05, 0.1) is 18.9 Å². The number of para-hydroxylation sites is 3. The number of esters is 1. The van der Waals surface area contributed by atoms with Crippen molar-refractivity contribution < 1.29 is 23.8 Å². The van der Waals surface area contributed by atoms with E-state index < -0.39 is 11.9 Å². The van der Waals surface area contributed by atoms with Crippen LogP contribution in [0.2, 0.25) is 0 Å². The summed E-state index contributed by atoms with van der Waals surface area (Å²) >= 11 is 0. The van der Waals surface area contributed by atoms with Crippen molar-refractivity contribution in [1.82, 2.24) is 0 Å². The maximum Gasteiger partial charge on any atom is 0.306 e. The molecule has 1 N–H and O–H groups in total. The molecule has 0 saturated heterocycles. The Hall–Kier alpha value is -3.02. The van der Waals surface area contributed by atoms with Crippen molar-refractivity contribution in [3.63, 3.8) is 0 Å². The van der Waals surface area contributed by atoms with E-state index in [1.807, 2.05) is 43.3 Å². The van der Waals surface area contributed by atoms with Gasteiger partial charge in [0.2, 0.25) is 0 Å². The van der Waals surface area contributed by atoms with Gasteiger partial charge in [-0.3, -0.25) is 9.59 Å². The number of rotatable bonds is 10. The highest BCUT2D eigenvalue weighted by molar-refractivity contribution is 5.94. The molecule has 1 amide bonds. The third kappa shape index (κ3) is 6.84. The van der Waals surface area contributed by atoms with Crippen molar-refractivity contribution in [1.29, 1.82) is 0 Å². The first-order chi connectivity index (χ1) is 12.7. The number of anilines is 1. The molecule has 2 aromatic carbocycles. The Kier molecular flexibility index (Phi) is 7.99. The molecule has 26 heavy (non-hydrogen) atoms. The lowest BCUT2D eigenvalue weighted by molar-refractivity contribution is -0.147. The Balaban J connectivity index is 1.65. The number of nitrogens with one attached hydrogen (secondary N) is 1. The summed E-state index contributed by atoms with van der Waals surface area (Å²) in [5.74, 6) is 0.488. The monoisotopic (exact) mass is 357 g/mol. The lowest BCUT2D eigenvalue weighted by Crippen LogP contribution is -2.21. The summed E-state index contributed by atoms with van der Waals surface area (Å²) < 4.78 is 15.9. The van der Waals surface area contributed by atoms with Gasteiger partial charge in [-0.25, -0.2) is 0 Å². The molecule has 0 atom stereocenters. The van der Waals surface area contributed by atoms with Gasteiger partial charge in [-0.2, -0.15) is 0 Å². The molecule has 6 nitrogen and oxygen atoms in total. The molecule has 0 aliphatic carbocycles. The lowest BCUT2D eigenvalue weighted by Gasteiger charge is -2.11. The summed E-state index contributed by atoms with van der Waals surface area (Å²) in [7, 11) is 0. The van der Waals surface area contributed by atoms with E-state index in [2.05, 4.69) is 5.32 Å². The van der Waals surface area contributed by atoms with E-state index in [1.54, 1.807) is 18.2 Å². The van der Waals surface area contributed by atoms with Gasteiger partial charge in [0.15, 0.2) is 6.61 Å². The molecule has 2 aromatic rings. The second-order valence-corrected chi connectivity index (χ2v) is 5.40. The highest BCUT2D eigenvalue weighted by Crippen LogP contribution is 2.23. The van der Waals surface area contributed by atoms with Crippen LogP contribution in [0, 0.1) is 0 Å². The number of benzene rings is 2. The van der Waals surface area contributed by atoms with E-state index in [-0.39, 0.29) is 13.0 Å². The minimum absolute atomic E-state index is 0.190. The average Bonchev–Trinajstić information content (AvgIpc) is 2.66. The Morgan fingerprint density at radius 1 is 0.962 bits per heavy atom. The maximum atomic E-state index is 11.9. The number of amides is 1. The largest absolute Gasteiger partial charge is 0.494 e. The van der Waals surface area contributed by atoms with Crippen LogP contribution in [0.1, 0.15) is 19.8 Å². The quantitative estimate of drug-likeness (QED) is 0.521. The molecule has 0 aliphatic rings. The summed E-state index contributed by atoms with van der Waals surface area (Å²) in [6.45, 7) is 2.43. The van der Waals surface area contributed by atoms with E-state index >= 15 is 0 Å². The highest BCUT2D eigenvalue weighted by atomic mass is 16.5. The molecule has 0 aliphatic heterocycles. The van der Waals surface area contributed by atoms with E-state index in [1.165, 1.54) is 0 Å². The Morgan fingerprint density at radius 3 is 2.46 bits per heavy atom. The SMILES string of the molecule is CCOc1ccccc1NC(=O)COC(=O)CCCOc1ccccc1. The zero-order valence-electron chi connectivity index (χ0n) is 14.8. The van der Waals surface area contributed by atoms with Crippen molar-refractivity contribution in [2.75, 3.05) is 25.1 Å². The highest BCUT2D eigenvalue weighted by Gasteiger charge is 2.10. The first-order valence-corrected chi connectivity index (χ1v) is 8.54. The van der Waals surface area contributed by atoms with Crippen LogP contribution < -0.4 is 14.8 Å². The summed E-state index contributed by atoms with van der Waals surface area (Å²) in [5, 5.41) is 2.67. The molecule has 0 saturated carbocycles. The summed E-state index contributed by atoms with van der Waals surface area (Å²) in [6, 6.07) is 16.5. The van der Waals surface area contributed by atoms with Crippen molar-refractivity contribution in [3.8, 4) is 11.5 Å². The van der Waals surface area contributed by atoms with Gasteiger partial charge in [0.1, 0.15) is 11.5 Å². The fourth-order valence-electron chi connectivity index (χ4n) is 2.18. The van der Waals surface area contributed by atoms with Crippen LogP contribution >= 0.6 is 0 Å². The molecular weight excluding hydrogens is 334 g/mol. The normalized spacial score (nSPS) is 10.0. The molecule has 0 unspecified atom stereocenters. The second-order valence-electron chi connectivity index (χ2n) is 5.40. The van der Waals surface area contributed by atoms with Gasteiger partial charge in [-0.1, -0.05) is 30.3 Å². The molecule has 0 fully saturated rings. The predicted molar refractivity (Wildman–Crippen MR) is 98.4 cm³/mol. The van der Waals surface area contributed by atoms with Crippen LogP contribution in [0.4, 0.5) is 5.69 Å². The first-order valence-electron chi connectivity index (χ1n) is 8.54. The van der Waals surface area contributed by atoms with Gasteiger partial charge in [-0.15, -0.1) is 0 Å². The number of hydrogen-bond donors (Lipinski definition) is 1. The third-order valence-electron chi connectivity index (χ3n) is 3.36. The topological polar surface area (TPSA) is 73.9 Å². The number of carbonyl (C=O) groups is 2. The molecular formula is C20H23NO5. The van der Waals surface area contributed by atoms with Gasteiger partial charge in [-0.05, 0) is 37.6 Å². The van der Waals surface area contributed by atoms with E-state index in [9.17, 15) is 9.59 Å². The predicted octanol–water partition coefficient (Wildman–Crippen LogP) is 3.43. The zero-order chi connectivity index (χ0) is 18.6. The van der Waals surface area contributed by atoms with Crippen LogP contribution in [-0.2, 0) is 14.3 Å². The third-order valence-corrected chi connectivity index (χ3v) is 3.36. The van der Waals surface area contributed by atoms with E-state index in [0.29, 0.717) is 31.1 Å². The average molecular weight is 357 g/mol.